The number of nitrogens with one attached hydrogen (secondary N) is 1. The molecular weight excluding hydrogens is 162 g/mol. The summed E-state index contributed by atoms with van der Waals surface area (Å²) in [6.07, 6.45) is 7.61. The molecule has 0 aromatic carbocycles. The zero-order valence-corrected chi connectivity index (χ0v) is 8.60. The van der Waals surface area contributed by atoms with E-state index < -0.39 is 0 Å². The highest BCUT2D eigenvalue weighted by molar-refractivity contribution is 5.18. The molecule has 0 radical (unpaired) electrons. The summed E-state index contributed by atoms with van der Waals surface area (Å²) in [6.45, 7) is 5.88. The van der Waals surface area contributed by atoms with Crippen LogP contribution in [0.25, 0.3) is 0 Å². The first-order chi connectivity index (χ1) is 6.36. The van der Waals surface area contributed by atoms with Gasteiger partial charge in [0, 0.05) is 18.5 Å². The molecule has 0 atom stereocenters. The van der Waals surface area contributed by atoms with Gasteiger partial charge >= 0.3 is 0 Å². The van der Waals surface area contributed by atoms with Crippen molar-refractivity contribution in [2.75, 3.05) is 13.2 Å². The van der Waals surface area contributed by atoms with E-state index >= 15 is 0 Å². The Morgan fingerprint density at radius 1 is 1.46 bits per heavy atom. The minimum Gasteiger partial charge on any atom is -0.375 e. The van der Waals surface area contributed by atoms with Crippen LogP contribution in [0.15, 0.2) is 23.5 Å². The average molecular weight is 181 g/mol. The normalized spacial score (nSPS) is 16.2. The molecule has 0 aromatic heterocycles. The van der Waals surface area contributed by atoms with Crippen LogP contribution in [0.4, 0.5) is 0 Å². The van der Waals surface area contributed by atoms with Crippen molar-refractivity contribution < 1.29 is 4.74 Å². The lowest BCUT2D eigenvalue weighted by Gasteiger charge is -2.14. The van der Waals surface area contributed by atoms with Crippen LogP contribution in [0.5, 0.6) is 0 Å². The van der Waals surface area contributed by atoms with Gasteiger partial charge in [-0.05, 0) is 19.3 Å². The summed E-state index contributed by atoms with van der Waals surface area (Å²) in [5, 5.41) is 3.25. The van der Waals surface area contributed by atoms with Gasteiger partial charge in [-0.2, -0.15) is 0 Å². The summed E-state index contributed by atoms with van der Waals surface area (Å²) < 4.78 is 5.43. The highest BCUT2D eigenvalue weighted by atomic mass is 16.5. The third kappa shape index (κ3) is 3.64. The average Bonchev–Trinajstić information content (AvgIpc) is 2.19. The van der Waals surface area contributed by atoms with Crippen LogP contribution in [0.3, 0.4) is 0 Å². The van der Waals surface area contributed by atoms with Crippen molar-refractivity contribution >= 4 is 0 Å². The molecule has 1 aliphatic heterocycles. The van der Waals surface area contributed by atoms with Crippen molar-refractivity contribution in [3.63, 3.8) is 0 Å². The Hall–Kier alpha value is -0.760. The second-order valence-electron chi connectivity index (χ2n) is 3.29. The topological polar surface area (TPSA) is 21.3 Å². The van der Waals surface area contributed by atoms with Crippen molar-refractivity contribution in [3.05, 3.63) is 23.5 Å². The standard InChI is InChI=1S/C11H19NO/c1-3-7-13-9-11-6-5-10(4-2)8-12-11/h6,8,12H,3-5,7,9H2,1-2H3. The summed E-state index contributed by atoms with van der Waals surface area (Å²) >= 11 is 0. The largest absolute Gasteiger partial charge is 0.375 e. The molecule has 0 unspecified atom stereocenters. The predicted octanol–water partition coefficient (Wildman–Crippen LogP) is 2.58. The van der Waals surface area contributed by atoms with Crippen LogP contribution in [-0.4, -0.2) is 13.2 Å². The van der Waals surface area contributed by atoms with Crippen molar-refractivity contribution in [3.8, 4) is 0 Å². The van der Waals surface area contributed by atoms with Crippen LogP contribution in [0.2, 0.25) is 0 Å². The molecule has 0 fully saturated rings. The number of dihydropyridines is 1. The van der Waals surface area contributed by atoms with Crippen LogP contribution in [0.1, 0.15) is 33.1 Å². The first kappa shape index (κ1) is 10.3. The van der Waals surface area contributed by atoms with E-state index in [1.54, 1.807) is 0 Å². The van der Waals surface area contributed by atoms with Gasteiger partial charge in [-0.15, -0.1) is 0 Å². The molecule has 0 bridgehead atoms. The van der Waals surface area contributed by atoms with E-state index in [-0.39, 0.29) is 0 Å². The van der Waals surface area contributed by atoms with Gasteiger partial charge in [-0.25, -0.2) is 0 Å². The molecule has 2 heteroatoms. The lowest BCUT2D eigenvalue weighted by molar-refractivity contribution is 0.153. The van der Waals surface area contributed by atoms with Crippen molar-refractivity contribution in [2.45, 2.75) is 33.1 Å². The molecule has 1 heterocycles. The van der Waals surface area contributed by atoms with Crippen molar-refractivity contribution in [2.24, 2.45) is 0 Å². The molecule has 0 amide bonds. The number of hydrogen-bond donors (Lipinski definition) is 1. The third-order valence-electron chi connectivity index (χ3n) is 2.13. The SMILES string of the molecule is CCCOCC1=CCC(CC)=CN1. The molecule has 1 aliphatic rings. The number of hydrogen-bond acceptors (Lipinski definition) is 2. The Morgan fingerprint density at radius 2 is 2.31 bits per heavy atom. The van der Waals surface area contributed by atoms with Gasteiger partial charge in [0.15, 0.2) is 0 Å². The van der Waals surface area contributed by atoms with Gasteiger partial charge in [-0.3, -0.25) is 0 Å². The van der Waals surface area contributed by atoms with Crippen LogP contribution in [-0.2, 0) is 4.74 Å². The fraction of sp³-hybridized carbons (Fsp3) is 0.636. The summed E-state index contributed by atoms with van der Waals surface area (Å²) in [5.41, 5.74) is 2.66. The zero-order chi connectivity index (χ0) is 9.52. The van der Waals surface area contributed by atoms with E-state index in [1.165, 1.54) is 11.3 Å². The summed E-state index contributed by atoms with van der Waals surface area (Å²) in [7, 11) is 0. The van der Waals surface area contributed by atoms with E-state index in [0.29, 0.717) is 0 Å². The Bertz CT molecular complexity index is 206. The number of allylic oxidation sites excluding steroid dienone is 2. The van der Waals surface area contributed by atoms with Gasteiger partial charge in [0.05, 0.1) is 6.61 Å². The smallest absolute Gasteiger partial charge is 0.0862 e. The lowest BCUT2D eigenvalue weighted by Crippen LogP contribution is -2.15. The first-order valence-corrected chi connectivity index (χ1v) is 5.08. The Balaban J connectivity index is 2.20. The highest BCUT2D eigenvalue weighted by Crippen LogP contribution is 2.12. The van der Waals surface area contributed by atoms with Gasteiger partial charge in [-0.1, -0.05) is 25.5 Å². The quantitative estimate of drug-likeness (QED) is 0.658. The van der Waals surface area contributed by atoms with Gasteiger partial charge in [0.2, 0.25) is 0 Å². The number of ether oxygens (including phenoxy) is 1. The van der Waals surface area contributed by atoms with Crippen LogP contribution in [0, 0.1) is 0 Å². The molecule has 0 saturated heterocycles. The van der Waals surface area contributed by atoms with E-state index in [2.05, 4.69) is 31.4 Å². The second-order valence-corrected chi connectivity index (χ2v) is 3.29. The molecule has 1 N–H and O–H groups in total. The maximum absolute atomic E-state index is 5.43. The Morgan fingerprint density at radius 3 is 2.85 bits per heavy atom. The summed E-state index contributed by atoms with van der Waals surface area (Å²) in [6, 6.07) is 0. The van der Waals surface area contributed by atoms with E-state index in [0.717, 1.165) is 32.5 Å². The van der Waals surface area contributed by atoms with Gasteiger partial charge < -0.3 is 10.1 Å². The van der Waals surface area contributed by atoms with Crippen molar-refractivity contribution in [1.29, 1.82) is 0 Å². The van der Waals surface area contributed by atoms with Crippen molar-refractivity contribution in [1.82, 2.24) is 5.32 Å². The third-order valence-corrected chi connectivity index (χ3v) is 2.13. The monoisotopic (exact) mass is 181 g/mol. The lowest BCUT2D eigenvalue weighted by atomic mass is 10.1. The van der Waals surface area contributed by atoms with E-state index in [1.807, 2.05) is 0 Å². The molecule has 0 saturated carbocycles. The minimum atomic E-state index is 0.724. The fourth-order valence-corrected chi connectivity index (χ4v) is 1.24. The first-order valence-electron chi connectivity index (χ1n) is 5.08. The zero-order valence-electron chi connectivity index (χ0n) is 8.60. The summed E-state index contributed by atoms with van der Waals surface area (Å²) in [5.74, 6) is 0. The highest BCUT2D eigenvalue weighted by Gasteiger charge is 2.02. The van der Waals surface area contributed by atoms with Crippen LogP contribution >= 0.6 is 0 Å². The summed E-state index contributed by atoms with van der Waals surface area (Å²) in [4.78, 5) is 0. The fourth-order valence-electron chi connectivity index (χ4n) is 1.24. The predicted molar refractivity (Wildman–Crippen MR) is 55.3 cm³/mol. The molecule has 74 valence electrons. The van der Waals surface area contributed by atoms with Gasteiger partial charge in [0.25, 0.3) is 0 Å². The molecule has 2 nitrogen and oxygen atoms in total. The molecule has 1 rings (SSSR count). The molecule has 0 aliphatic carbocycles. The van der Waals surface area contributed by atoms with Crippen LogP contribution < -0.4 is 5.32 Å². The maximum atomic E-state index is 5.43. The molecular formula is C11H19NO. The van der Waals surface area contributed by atoms with E-state index in [4.69, 9.17) is 4.74 Å². The molecule has 13 heavy (non-hydrogen) atoms. The number of rotatable bonds is 5. The minimum absolute atomic E-state index is 0.724. The van der Waals surface area contributed by atoms with Gasteiger partial charge in [0.1, 0.15) is 0 Å². The Kier molecular flexibility index (Phi) is 4.61. The second kappa shape index (κ2) is 5.81. The van der Waals surface area contributed by atoms with E-state index in [9.17, 15) is 0 Å². The maximum Gasteiger partial charge on any atom is 0.0862 e. The Labute approximate surface area is 80.7 Å². The molecule has 0 spiro atoms. The molecule has 0 aromatic rings.